The second kappa shape index (κ2) is 7.02. The minimum Gasteiger partial charge on any atom is -0.368 e. The second-order valence-electron chi connectivity index (χ2n) is 7.12. The van der Waals surface area contributed by atoms with Crippen LogP contribution in [0, 0.1) is 0 Å². The lowest BCUT2D eigenvalue weighted by Crippen LogP contribution is -2.36. The van der Waals surface area contributed by atoms with Gasteiger partial charge < -0.3 is 10.2 Å². The average Bonchev–Trinajstić information content (AvgIpc) is 3.22. The molecule has 0 unspecified atom stereocenters. The fourth-order valence-electron chi connectivity index (χ4n) is 2.56. The summed E-state index contributed by atoms with van der Waals surface area (Å²) >= 11 is 6.49. The van der Waals surface area contributed by atoms with Crippen LogP contribution in [0.2, 0.25) is 5.02 Å². The topological polar surface area (TPSA) is 15.3 Å². The maximum Gasteiger partial charge on any atom is 0.0471 e. The van der Waals surface area contributed by atoms with Gasteiger partial charge in [0, 0.05) is 40.9 Å². The molecule has 1 saturated carbocycles. The van der Waals surface area contributed by atoms with Crippen LogP contribution in [0.4, 0.5) is 5.69 Å². The molecule has 0 amide bonds. The molecule has 1 aromatic rings. The lowest BCUT2D eigenvalue weighted by Gasteiger charge is -2.29. The summed E-state index contributed by atoms with van der Waals surface area (Å²) in [6.45, 7) is 10.8. The number of halogens is 1. The first-order chi connectivity index (χ1) is 9.92. The number of hydrogen-bond donors (Lipinski definition) is 1. The summed E-state index contributed by atoms with van der Waals surface area (Å²) in [6, 6.07) is 7.05. The molecule has 1 fully saturated rings. The highest BCUT2D eigenvalue weighted by Gasteiger charge is 2.30. The van der Waals surface area contributed by atoms with E-state index < -0.39 is 0 Å². The first kappa shape index (κ1) is 16.6. The zero-order chi connectivity index (χ0) is 15.5. The fraction of sp³-hybridized carbons (Fsp3) is 0.667. The molecule has 0 bridgehead atoms. The van der Waals surface area contributed by atoms with Gasteiger partial charge in [-0.25, -0.2) is 0 Å². The monoisotopic (exact) mass is 308 g/mol. The Kier molecular flexibility index (Phi) is 5.56. The Labute approximate surface area is 134 Å². The molecule has 0 aliphatic heterocycles. The molecule has 21 heavy (non-hydrogen) atoms. The van der Waals surface area contributed by atoms with E-state index in [-0.39, 0.29) is 5.54 Å². The van der Waals surface area contributed by atoms with Crippen molar-refractivity contribution in [3.05, 3.63) is 28.8 Å². The number of anilines is 1. The van der Waals surface area contributed by atoms with Crippen molar-refractivity contribution in [3.8, 4) is 0 Å². The Balaban J connectivity index is 2.22. The average molecular weight is 309 g/mol. The third-order valence-corrected chi connectivity index (χ3v) is 4.29. The first-order valence-electron chi connectivity index (χ1n) is 8.21. The van der Waals surface area contributed by atoms with Gasteiger partial charge in [-0.2, -0.15) is 0 Å². The Bertz CT molecular complexity index is 461. The van der Waals surface area contributed by atoms with Crippen molar-refractivity contribution < 1.29 is 0 Å². The van der Waals surface area contributed by atoms with Gasteiger partial charge in [0.15, 0.2) is 0 Å². The van der Waals surface area contributed by atoms with Crippen LogP contribution in [0.5, 0.6) is 0 Å². The van der Waals surface area contributed by atoms with E-state index in [4.69, 9.17) is 11.6 Å². The Morgan fingerprint density at radius 3 is 2.57 bits per heavy atom. The molecule has 118 valence electrons. The number of benzene rings is 1. The number of nitrogens with one attached hydrogen (secondary N) is 1. The van der Waals surface area contributed by atoms with Gasteiger partial charge in [-0.05, 0) is 52.2 Å². The van der Waals surface area contributed by atoms with E-state index in [1.807, 2.05) is 6.07 Å². The highest BCUT2D eigenvalue weighted by molar-refractivity contribution is 6.31. The molecule has 0 atom stereocenters. The van der Waals surface area contributed by atoms with E-state index in [0.29, 0.717) is 0 Å². The van der Waals surface area contributed by atoms with E-state index in [9.17, 15) is 0 Å². The highest BCUT2D eigenvalue weighted by Crippen LogP contribution is 2.36. The molecule has 0 heterocycles. The SMILES string of the molecule is CCCCN(c1cccc(Cl)c1CNC(C)(C)C)C1CC1. The minimum atomic E-state index is 0.101. The third kappa shape index (κ3) is 4.89. The Morgan fingerprint density at radius 1 is 1.29 bits per heavy atom. The van der Waals surface area contributed by atoms with Gasteiger partial charge in [0.1, 0.15) is 0 Å². The van der Waals surface area contributed by atoms with Crippen molar-refractivity contribution >= 4 is 17.3 Å². The van der Waals surface area contributed by atoms with Crippen molar-refractivity contribution in [2.24, 2.45) is 0 Å². The quantitative estimate of drug-likeness (QED) is 0.762. The number of nitrogens with zero attached hydrogens (tertiary/aromatic N) is 1. The molecule has 1 aromatic carbocycles. The zero-order valence-electron chi connectivity index (χ0n) is 13.9. The van der Waals surface area contributed by atoms with Gasteiger partial charge >= 0.3 is 0 Å². The Morgan fingerprint density at radius 2 is 2.00 bits per heavy atom. The smallest absolute Gasteiger partial charge is 0.0471 e. The van der Waals surface area contributed by atoms with Gasteiger partial charge in [0.05, 0.1) is 0 Å². The maximum atomic E-state index is 6.49. The summed E-state index contributed by atoms with van der Waals surface area (Å²) in [6.07, 6.45) is 5.12. The van der Waals surface area contributed by atoms with Crippen LogP contribution in [0.25, 0.3) is 0 Å². The predicted molar refractivity (Wildman–Crippen MR) is 93.3 cm³/mol. The fourth-order valence-corrected chi connectivity index (χ4v) is 2.80. The van der Waals surface area contributed by atoms with Gasteiger partial charge in [-0.15, -0.1) is 0 Å². The van der Waals surface area contributed by atoms with Gasteiger partial charge in [0.2, 0.25) is 0 Å². The molecule has 2 nitrogen and oxygen atoms in total. The van der Waals surface area contributed by atoms with Crippen LogP contribution in [0.15, 0.2) is 18.2 Å². The molecule has 0 saturated heterocycles. The molecule has 1 N–H and O–H groups in total. The highest BCUT2D eigenvalue weighted by atomic mass is 35.5. The number of rotatable bonds is 7. The van der Waals surface area contributed by atoms with Crippen LogP contribution in [0.1, 0.15) is 58.9 Å². The largest absolute Gasteiger partial charge is 0.368 e. The van der Waals surface area contributed by atoms with Crippen molar-refractivity contribution in [2.45, 2.75) is 71.5 Å². The summed E-state index contributed by atoms with van der Waals surface area (Å²) in [7, 11) is 0. The molecule has 0 radical (unpaired) electrons. The van der Waals surface area contributed by atoms with E-state index in [0.717, 1.165) is 24.2 Å². The van der Waals surface area contributed by atoms with Gasteiger partial charge in [-0.3, -0.25) is 0 Å². The molecule has 1 aliphatic rings. The zero-order valence-corrected chi connectivity index (χ0v) is 14.6. The van der Waals surface area contributed by atoms with E-state index in [1.54, 1.807) is 0 Å². The van der Waals surface area contributed by atoms with Crippen LogP contribution in [0.3, 0.4) is 0 Å². The Hall–Kier alpha value is -0.730. The lowest BCUT2D eigenvalue weighted by molar-refractivity contribution is 0.424. The number of unbranched alkanes of at least 4 members (excludes halogenated alkanes) is 1. The summed E-state index contributed by atoms with van der Waals surface area (Å²) in [5.74, 6) is 0. The van der Waals surface area contributed by atoms with Crippen LogP contribution in [-0.4, -0.2) is 18.1 Å². The lowest BCUT2D eigenvalue weighted by atomic mass is 10.1. The minimum absolute atomic E-state index is 0.101. The molecule has 0 aromatic heterocycles. The van der Waals surface area contributed by atoms with Crippen molar-refractivity contribution in [3.63, 3.8) is 0 Å². The van der Waals surface area contributed by atoms with E-state index in [1.165, 1.54) is 36.9 Å². The van der Waals surface area contributed by atoms with Gasteiger partial charge in [-0.1, -0.05) is 31.0 Å². The predicted octanol–water partition coefficient (Wildman–Crippen LogP) is 5.00. The standard InChI is InChI=1S/C18H29ClN2/c1-5-6-12-21(14-10-11-14)17-9-7-8-16(19)15(17)13-20-18(2,3)4/h7-9,14,20H,5-6,10-13H2,1-4H3. The van der Waals surface area contributed by atoms with Gasteiger partial charge in [0.25, 0.3) is 0 Å². The van der Waals surface area contributed by atoms with Crippen molar-refractivity contribution in [1.29, 1.82) is 0 Å². The van der Waals surface area contributed by atoms with E-state index in [2.05, 4.69) is 50.0 Å². The molecule has 3 heteroatoms. The summed E-state index contributed by atoms with van der Waals surface area (Å²) in [5.41, 5.74) is 2.68. The molecule has 1 aliphatic carbocycles. The molecular formula is C18H29ClN2. The molecule has 2 rings (SSSR count). The van der Waals surface area contributed by atoms with Crippen molar-refractivity contribution in [2.75, 3.05) is 11.4 Å². The second-order valence-corrected chi connectivity index (χ2v) is 7.53. The summed E-state index contributed by atoms with van der Waals surface area (Å²) < 4.78 is 0. The first-order valence-corrected chi connectivity index (χ1v) is 8.59. The number of hydrogen-bond acceptors (Lipinski definition) is 2. The van der Waals surface area contributed by atoms with Crippen molar-refractivity contribution in [1.82, 2.24) is 5.32 Å². The normalized spacial score (nSPS) is 15.3. The van der Waals surface area contributed by atoms with E-state index >= 15 is 0 Å². The van der Waals surface area contributed by atoms with Crippen LogP contribution < -0.4 is 10.2 Å². The summed E-state index contributed by atoms with van der Waals surface area (Å²) in [5, 5.41) is 4.46. The summed E-state index contributed by atoms with van der Waals surface area (Å²) in [4.78, 5) is 2.58. The molecular weight excluding hydrogens is 280 g/mol. The third-order valence-electron chi connectivity index (χ3n) is 3.94. The van der Waals surface area contributed by atoms with Crippen LogP contribution in [-0.2, 0) is 6.54 Å². The molecule has 0 spiro atoms. The van der Waals surface area contributed by atoms with Crippen LogP contribution >= 0.6 is 11.6 Å². The maximum absolute atomic E-state index is 6.49.